The number of hydrogen-bond donors (Lipinski definition) is 0. The molecule has 110 valence electrons. The molecule has 1 aliphatic carbocycles. The van der Waals surface area contributed by atoms with Crippen LogP contribution in [0.4, 0.5) is 0 Å². The molecular formula is C20H17ClO. The fourth-order valence-electron chi connectivity index (χ4n) is 2.82. The van der Waals surface area contributed by atoms with Crippen molar-refractivity contribution in [1.29, 1.82) is 0 Å². The second kappa shape index (κ2) is 5.94. The van der Waals surface area contributed by atoms with Crippen LogP contribution in [0.15, 0.2) is 65.8 Å². The lowest BCUT2D eigenvalue weighted by Gasteiger charge is -2.12. The van der Waals surface area contributed by atoms with E-state index in [0.29, 0.717) is 16.1 Å². The summed E-state index contributed by atoms with van der Waals surface area (Å²) in [6.07, 6.45) is 3.07. The minimum Gasteiger partial charge on any atom is -0.289 e. The zero-order valence-corrected chi connectivity index (χ0v) is 13.4. The molecule has 0 bridgehead atoms. The quantitative estimate of drug-likeness (QED) is 0.665. The SMILES string of the molecule is CC1=CCC(c2ccc(Cl)cc2C(=O)c2ccccc2)=C1C. The molecule has 0 atom stereocenters. The van der Waals surface area contributed by atoms with Crippen molar-refractivity contribution >= 4 is 23.0 Å². The molecule has 0 unspecified atom stereocenters. The summed E-state index contributed by atoms with van der Waals surface area (Å²) in [5.74, 6) is 0.0166. The van der Waals surface area contributed by atoms with E-state index in [1.165, 1.54) is 16.7 Å². The maximum absolute atomic E-state index is 12.9. The Morgan fingerprint density at radius 3 is 2.41 bits per heavy atom. The number of carbonyl (C=O) groups is 1. The molecule has 0 aromatic heterocycles. The van der Waals surface area contributed by atoms with Crippen LogP contribution < -0.4 is 0 Å². The summed E-state index contributed by atoms with van der Waals surface area (Å²) < 4.78 is 0. The number of halogens is 1. The van der Waals surface area contributed by atoms with Gasteiger partial charge in [0.05, 0.1) is 0 Å². The fraction of sp³-hybridized carbons (Fsp3) is 0.150. The van der Waals surface area contributed by atoms with Gasteiger partial charge in [-0.25, -0.2) is 0 Å². The van der Waals surface area contributed by atoms with E-state index < -0.39 is 0 Å². The Kier molecular flexibility index (Phi) is 4.00. The first-order valence-electron chi connectivity index (χ1n) is 7.34. The van der Waals surface area contributed by atoms with Crippen molar-refractivity contribution in [2.24, 2.45) is 0 Å². The number of carbonyl (C=O) groups excluding carboxylic acids is 1. The summed E-state index contributed by atoms with van der Waals surface area (Å²) >= 11 is 6.14. The van der Waals surface area contributed by atoms with Crippen molar-refractivity contribution in [2.75, 3.05) is 0 Å². The predicted molar refractivity (Wildman–Crippen MR) is 92.3 cm³/mol. The molecule has 0 fully saturated rings. The van der Waals surface area contributed by atoms with Crippen LogP contribution in [-0.2, 0) is 0 Å². The van der Waals surface area contributed by atoms with Gasteiger partial charge < -0.3 is 0 Å². The number of allylic oxidation sites excluding steroid dienone is 4. The van der Waals surface area contributed by atoms with Crippen molar-refractivity contribution in [2.45, 2.75) is 20.3 Å². The monoisotopic (exact) mass is 308 g/mol. The number of benzene rings is 2. The largest absolute Gasteiger partial charge is 0.289 e. The average Bonchev–Trinajstić information content (AvgIpc) is 2.87. The van der Waals surface area contributed by atoms with Gasteiger partial charge in [0.1, 0.15) is 0 Å². The highest BCUT2D eigenvalue weighted by molar-refractivity contribution is 6.31. The third-order valence-corrected chi connectivity index (χ3v) is 4.48. The van der Waals surface area contributed by atoms with E-state index in [1.54, 1.807) is 6.07 Å². The molecule has 0 spiro atoms. The zero-order valence-electron chi connectivity index (χ0n) is 12.7. The highest BCUT2D eigenvalue weighted by Crippen LogP contribution is 2.36. The van der Waals surface area contributed by atoms with E-state index in [1.807, 2.05) is 42.5 Å². The Bertz CT molecular complexity index is 798. The van der Waals surface area contributed by atoms with Crippen molar-refractivity contribution < 1.29 is 4.79 Å². The predicted octanol–water partition coefficient (Wildman–Crippen LogP) is 5.69. The normalized spacial score (nSPS) is 14.2. The van der Waals surface area contributed by atoms with E-state index in [4.69, 9.17) is 11.6 Å². The lowest BCUT2D eigenvalue weighted by atomic mass is 9.91. The highest BCUT2D eigenvalue weighted by Gasteiger charge is 2.20. The van der Waals surface area contributed by atoms with Crippen LogP contribution in [0.2, 0.25) is 5.02 Å². The fourth-order valence-corrected chi connectivity index (χ4v) is 3.00. The van der Waals surface area contributed by atoms with Crippen LogP contribution in [0.1, 0.15) is 41.8 Å². The Balaban J connectivity index is 2.13. The van der Waals surface area contributed by atoms with E-state index >= 15 is 0 Å². The molecule has 2 heteroatoms. The Hall–Kier alpha value is -2.12. The summed E-state index contributed by atoms with van der Waals surface area (Å²) in [4.78, 5) is 12.9. The number of hydrogen-bond acceptors (Lipinski definition) is 1. The summed E-state index contributed by atoms with van der Waals surface area (Å²) in [6.45, 7) is 4.22. The van der Waals surface area contributed by atoms with Crippen LogP contribution >= 0.6 is 11.6 Å². The Morgan fingerprint density at radius 1 is 1.05 bits per heavy atom. The molecule has 2 aromatic carbocycles. The van der Waals surface area contributed by atoms with Crippen LogP contribution in [0.3, 0.4) is 0 Å². The van der Waals surface area contributed by atoms with E-state index in [9.17, 15) is 4.79 Å². The lowest BCUT2D eigenvalue weighted by molar-refractivity contribution is 0.103. The molecule has 3 rings (SSSR count). The first-order chi connectivity index (χ1) is 10.6. The van der Waals surface area contributed by atoms with Gasteiger partial charge in [0.25, 0.3) is 0 Å². The first-order valence-corrected chi connectivity index (χ1v) is 7.72. The molecular weight excluding hydrogens is 292 g/mol. The van der Waals surface area contributed by atoms with Gasteiger partial charge in [0.2, 0.25) is 0 Å². The molecule has 1 aliphatic rings. The van der Waals surface area contributed by atoms with Crippen molar-refractivity contribution in [3.63, 3.8) is 0 Å². The van der Waals surface area contributed by atoms with Crippen LogP contribution in [0, 0.1) is 0 Å². The Morgan fingerprint density at radius 2 is 1.77 bits per heavy atom. The second-order valence-corrected chi connectivity index (χ2v) is 6.02. The number of rotatable bonds is 3. The molecule has 0 saturated heterocycles. The van der Waals surface area contributed by atoms with Crippen molar-refractivity contribution in [1.82, 2.24) is 0 Å². The highest BCUT2D eigenvalue weighted by atomic mass is 35.5. The molecule has 0 heterocycles. The van der Waals surface area contributed by atoms with E-state index in [0.717, 1.165) is 12.0 Å². The molecule has 0 radical (unpaired) electrons. The minimum atomic E-state index is 0.0166. The van der Waals surface area contributed by atoms with Gasteiger partial charge in [-0.1, -0.05) is 59.6 Å². The van der Waals surface area contributed by atoms with Crippen LogP contribution in [-0.4, -0.2) is 5.78 Å². The third kappa shape index (κ3) is 2.65. The standard InChI is InChI=1S/C20H17ClO/c1-13-8-10-17(14(13)2)18-11-9-16(21)12-19(18)20(22)15-6-4-3-5-7-15/h3-9,11-12H,10H2,1-2H3. The first kappa shape index (κ1) is 14.8. The topological polar surface area (TPSA) is 17.1 Å². The molecule has 2 aromatic rings. The second-order valence-electron chi connectivity index (χ2n) is 5.58. The molecule has 0 N–H and O–H groups in total. The van der Waals surface area contributed by atoms with Gasteiger partial charge in [-0.05, 0) is 49.1 Å². The maximum Gasteiger partial charge on any atom is 0.193 e. The smallest absolute Gasteiger partial charge is 0.193 e. The summed E-state index contributed by atoms with van der Waals surface area (Å²) in [6, 6.07) is 14.9. The van der Waals surface area contributed by atoms with Crippen LogP contribution in [0.5, 0.6) is 0 Å². The number of ketones is 1. The van der Waals surface area contributed by atoms with Crippen LogP contribution in [0.25, 0.3) is 5.57 Å². The van der Waals surface area contributed by atoms with Gasteiger partial charge in [-0.3, -0.25) is 4.79 Å². The van der Waals surface area contributed by atoms with Gasteiger partial charge in [0.15, 0.2) is 5.78 Å². The lowest BCUT2D eigenvalue weighted by Crippen LogP contribution is -2.05. The van der Waals surface area contributed by atoms with Gasteiger partial charge >= 0.3 is 0 Å². The Labute approximate surface area is 135 Å². The van der Waals surface area contributed by atoms with Crippen molar-refractivity contribution in [3.05, 3.63) is 87.5 Å². The third-order valence-electron chi connectivity index (χ3n) is 4.24. The molecule has 22 heavy (non-hydrogen) atoms. The minimum absolute atomic E-state index is 0.0166. The van der Waals surface area contributed by atoms with E-state index in [2.05, 4.69) is 19.9 Å². The zero-order chi connectivity index (χ0) is 15.7. The summed E-state index contributed by atoms with van der Waals surface area (Å²) in [5, 5.41) is 0.587. The van der Waals surface area contributed by atoms with Gasteiger partial charge in [-0.2, -0.15) is 0 Å². The molecule has 1 nitrogen and oxygen atoms in total. The van der Waals surface area contributed by atoms with Gasteiger partial charge in [-0.15, -0.1) is 0 Å². The summed E-state index contributed by atoms with van der Waals surface area (Å²) in [7, 11) is 0. The molecule has 0 aliphatic heterocycles. The maximum atomic E-state index is 12.9. The average molecular weight is 309 g/mol. The molecule has 0 amide bonds. The van der Waals surface area contributed by atoms with Gasteiger partial charge in [0, 0.05) is 16.1 Å². The molecule has 0 saturated carbocycles. The van der Waals surface area contributed by atoms with Crippen molar-refractivity contribution in [3.8, 4) is 0 Å². The summed E-state index contributed by atoms with van der Waals surface area (Å²) in [5.41, 5.74) is 6.10. The van der Waals surface area contributed by atoms with E-state index in [-0.39, 0.29) is 5.78 Å².